The highest BCUT2D eigenvalue weighted by Crippen LogP contribution is 2.23. The first kappa shape index (κ1) is 14.4. The van der Waals surface area contributed by atoms with E-state index in [1.54, 1.807) is 11.7 Å². The molecule has 2 rings (SSSR count). The highest BCUT2D eigenvalue weighted by atomic mass is 32.2. The number of hydrogen-bond donors (Lipinski definition) is 2. The number of hydrogen-bond acceptors (Lipinski definition) is 6. The summed E-state index contributed by atoms with van der Waals surface area (Å²) in [5.41, 5.74) is 7.55. The van der Waals surface area contributed by atoms with Crippen molar-refractivity contribution in [1.82, 2.24) is 14.8 Å². The molecule has 0 bridgehead atoms. The number of anilines is 1. The van der Waals surface area contributed by atoms with Gasteiger partial charge in [0.2, 0.25) is 5.95 Å². The number of rotatable bonds is 6. The number of ether oxygens (including phenoxy) is 1. The van der Waals surface area contributed by atoms with E-state index >= 15 is 0 Å². The van der Waals surface area contributed by atoms with E-state index in [1.807, 2.05) is 24.3 Å². The van der Waals surface area contributed by atoms with Crippen LogP contribution in [0.1, 0.15) is 5.56 Å². The van der Waals surface area contributed by atoms with Gasteiger partial charge in [0.1, 0.15) is 0 Å². The van der Waals surface area contributed by atoms with E-state index in [-0.39, 0.29) is 11.7 Å². The molecule has 3 N–H and O–H groups in total. The monoisotopic (exact) mass is 294 g/mol. The fourth-order valence-corrected chi connectivity index (χ4v) is 2.38. The maximum atomic E-state index is 10.6. The molecule has 106 valence electrons. The van der Waals surface area contributed by atoms with Gasteiger partial charge in [0, 0.05) is 7.11 Å². The van der Waals surface area contributed by atoms with Crippen molar-refractivity contribution in [2.75, 3.05) is 18.6 Å². The highest BCUT2D eigenvalue weighted by molar-refractivity contribution is 7.99. The van der Waals surface area contributed by atoms with Crippen LogP contribution in [0.2, 0.25) is 0 Å². The molecule has 7 nitrogen and oxygen atoms in total. The Balaban J connectivity index is 2.33. The van der Waals surface area contributed by atoms with Gasteiger partial charge in [-0.05, 0) is 17.7 Å². The molecule has 0 saturated heterocycles. The molecule has 2 aromatic rings. The van der Waals surface area contributed by atoms with Crippen LogP contribution < -0.4 is 5.73 Å². The van der Waals surface area contributed by atoms with Gasteiger partial charge in [0.15, 0.2) is 5.16 Å². The molecule has 8 heteroatoms. The van der Waals surface area contributed by atoms with Crippen LogP contribution in [-0.2, 0) is 16.1 Å². The second kappa shape index (κ2) is 6.40. The summed E-state index contributed by atoms with van der Waals surface area (Å²) in [6, 6.07) is 7.55. The number of nitrogens with zero attached hydrogens (tertiary/aromatic N) is 3. The van der Waals surface area contributed by atoms with Crippen molar-refractivity contribution in [3.8, 4) is 5.69 Å². The molecule has 1 aromatic heterocycles. The topological polar surface area (TPSA) is 103 Å². The number of nitrogens with two attached hydrogens (primary N) is 1. The standard InChI is InChI=1S/C12H14N4O3S/c1-19-6-8-3-2-4-9(5-8)16-11(13)14-15-12(16)20-7-10(17)18/h2-5H,6-7H2,1H3,(H2,13,14)(H,17,18). The van der Waals surface area contributed by atoms with Crippen molar-refractivity contribution >= 4 is 23.7 Å². The molecule has 0 aliphatic heterocycles. The van der Waals surface area contributed by atoms with Crippen LogP contribution >= 0.6 is 11.8 Å². The quantitative estimate of drug-likeness (QED) is 0.771. The summed E-state index contributed by atoms with van der Waals surface area (Å²) in [6.45, 7) is 0.480. The highest BCUT2D eigenvalue weighted by Gasteiger charge is 2.13. The smallest absolute Gasteiger partial charge is 0.313 e. The summed E-state index contributed by atoms with van der Waals surface area (Å²) in [4.78, 5) is 10.6. The lowest BCUT2D eigenvalue weighted by Crippen LogP contribution is -2.05. The zero-order valence-corrected chi connectivity index (χ0v) is 11.6. The third-order valence-electron chi connectivity index (χ3n) is 2.46. The molecular weight excluding hydrogens is 280 g/mol. The number of thioether (sulfide) groups is 1. The SMILES string of the molecule is COCc1cccc(-n2c(N)nnc2SCC(=O)O)c1. The van der Waals surface area contributed by atoms with Gasteiger partial charge in [0.05, 0.1) is 18.0 Å². The van der Waals surface area contributed by atoms with Gasteiger partial charge < -0.3 is 15.6 Å². The van der Waals surface area contributed by atoms with Crippen LogP contribution in [0, 0.1) is 0 Å². The Morgan fingerprint density at radius 1 is 1.50 bits per heavy atom. The summed E-state index contributed by atoms with van der Waals surface area (Å²) in [5, 5.41) is 16.9. The number of carbonyl (C=O) groups is 1. The Kier molecular flexibility index (Phi) is 4.59. The Morgan fingerprint density at radius 3 is 3.00 bits per heavy atom. The summed E-state index contributed by atoms with van der Waals surface area (Å²) >= 11 is 1.07. The zero-order valence-electron chi connectivity index (χ0n) is 10.8. The summed E-state index contributed by atoms with van der Waals surface area (Å²) in [5.74, 6) is -0.806. The van der Waals surface area contributed by atoms with Gasteiger partial charge in [-0.25, -0.2) is 0 Å². The van der Waals surface area contributed by atoms with Gasteiger partial charge >= 0.3 is 5.97 Å². The molecule has 1 heterocycles. The first-order chi connectivity index (χ1) is 9.61. The number of benzene rings is 1. The average Bonchev–Trinajstić information content (AvgIpc) is 2.78. The van der Waals surface area contributed by atoms with Crippen molar-refractivity contribution in [3.05, 3.63) is 29.8 Å². The van der Waals surface area contributed by atoms with E-state index in [9.17, 15) is 4.79 Å². The van der Waals surface area contributed by atoms with Gasteiger partial charge in [-0.1, -0.05) is 23.9 Å². The second-order valence-corrected chi connectivity index (χ2v) is 4.90. The molecule has 0 aliphatic rings. The maximum absolute atomic E-state index is 10.6. The summed E-state index contributed by atoms with van der Waals surface area (Å²) in [7, 11) is 1.62. The van der Waals surface area contributed by atoms with E-state index in [0.29, 0.717) is 11.8 Å². The third-order valence-corrected chi connectivity index (χ3v) is 3.38. The number of carboxylic acid groups (broad SMARTS) is 1. The summed E-state index contributed by atoms with van der Waals surface area (Å²) < 4.78 is 6.70. The molecule has 0 aliphatic carbocycles. The van der Waals surface area contributed by atoms with Crippen molar-refractivity contribution in [3.63, 3.8) is 0 Å². The average molecular weight is 294 g/mol. The van der Waals surface area contributed by atoms with E-state index in [1.165, 1.54) is 0 Å². The minimum absolute atomic E-state index is 0.101. The fraction of sp³-hybridized carbons (Fsp3) is 0.250. The number of aliphatic carboxylic acids is 1. The van der Waals surface area contributed by atoms with Crippen LogP contribution in [0.5, 0.6) is 0 Å². The van der Waals surface area contributed by atoms with E-state index < -0.39 is 5.97 Å². The molecule has 1 aromatic carbocycles. The minimum atomic E-state index is -0.920. The van der Waals surface area contributed by atoms with Crippen LogP contribution in [0.25, 0.3) is 5.69 Å². The van der Waals surface area contributed by atoms with E-state index in [0.717, 1.165) is 23.0 Å². The number of nitrogen functional groups attached to an aromatic ring is 1. The summed E-state index contributed by atoms with van der Waals surface area (Å²) in [6.07, 6.45) is 0. The molecule has 20 heavy (non-hydrogen) atoms. The lowest BCUT2D eigenvalue weighted by molar-refractivity contribution is -0.133. The molecule has 0 fully saturated rings. The van der Waals surface area contributed by atoms with E-state index in [2.05, 4.69) is 10.2 Å². The van der Waals surface area contributed by atoms with Crippen LogP contribution in [0.3, 0.4) is 0 Å². The maximum Gasteiger partial charge on any atom is 0.313 e. The predicted octanol–water partition coefficient (Wildman–Crippen LogP) is 1.17. The Hall–Kier alpha value is -2.06. The van der Waals surface area contributed by atoms with Crippen molar-refractivity contribution in [2.45, 2.75) is 11.8 Å². The Morgan fingerprint density at radius 2 is 2.30 bits per heavy atom. The largest absolute Gasteiger partial charge is 0.481 e. The molecule has 0 spiro atoms. The second-order valence-electron chi connectivity index (χ2n) is 3.96. The molecule has 0 amide bonds. The first-order valence-corrected chi connectivity index (χ1v) is 6.74. The predicted molar refractivity (Wildman–Crippen MR) is 74.8 cm³/mol. The lowest BCUT2D eigenvalue weighted by Gasteiger charge is -2.09. The molecule has 0 radical (unpaired) electrons. The van der Waals surface area contributed by atoms with Crippen LogP contribution in [0.4, 0.5) is 5.95 Å². The Bertz CT molecular complexity index is 614. The van der Waals surface area contributed by atoms with Crippen molar-refractivity contribution < 1.29 is 14.6 Å². The van der Waals surface area contributed by atoms with Gasteiger partial charge in [-0.2, -0.15) is 0 Å². The molecule has 0 atom stereocenters. The van der Waals surface area contributed by atoms with E-state index in [4.69, 9.17) is 15.6 Å². The van der Waals surface area contributed by atoms with Crippen molar-refractivity contribution in [2.24, 2.45) is 0 Å². The van der Waals surface area contributed by atoms with Gasteiger partial charge in [-0.3, -0.25) is 9.36 Å². The zero-order chi connectivity index (χ0) is 14.5. The third kappa shape index (κ3) is 3.28. The van der Waals surface area contributed by atoms with Gasteiger partial charge in [0.25, 0.3) is 0 Å². The molecule has 0 saturated carbocycles. The number of aromatic nitrogens is 3. The van der Waals surface area contributed by atoms with Crippen LogP contribution in [0.15, 0.2) is 29.4 Å². The normalized spacial score (nSPS) is 10.7. The Labute approximate surface area is 119 Å². The minimum Gasteiger partial charge on any atom is -0.481 e. The lowest BCUT2D eigenvalue weighted by atomic mass is 10.2. The fourth-order valence-electron chi connectivity index (χ4n) is 1.70. The molecule has 0 unspecified atom stereocenters. The van der Waals surface area contributed by atoms with Gasteiger partial charge in [-0.15, -0.1) is 10.2 Å². The molecular formula is C12H14N4O3S. The number of methoxy groups -OCH3 is 1. The van der Waals surface area contributed by atoms with Crippen LogP contribution in [-0.4, -0.2) is 38.7 Å². The number of carboxylic acids is 1. The van der Waals surface area contributed by atoms with Crippen molar-refractivity contribution in [1.29, 1.82) is 0 Å². The first-order valence-electron chi connectivity index (χ1n) is 5.75.